The predicted octanol–water partition coefficient (Wildman–Crippen LogP) is 1.23. The van der Waals surface area contributed by atoms with Crippen LogP contribution in [0.1, 0.15) is 0 Å². The van der Waals surface area contributed by atoms with Crippen molar-refractivity contribution in [1.82, 2.24) is 9.97 Å². The minimum absolute atomic E-state index is 0.0619. The molecule has 0 fully saturated rings. The molecule has 0 aliphatic rings. The third-order valence-corrected chi connectivity index (χ3v) is 1.89. The molecule has 0 aliphatic heterocycles. The summed E-state index contributed by atoms with van der Waals surface area (Å²) >= 11 is 0. The van der Waals surface area contributed by atoms with Gasteiger partial charge in [-0.3, -0.25) is 0 Å². The molecule has 0 unspecified atom stereocenters. The van der Waals surface area contributed by atoms with Gasteiger partial charge in [-0.2, -0.15) is 0 Å². The Morgan fingerprint density at radius 1 is 1.44 bits per heavy atom. The molecule has 0 bridgehead atoms. The fraction of sp³-hybridized carbons (Fsp3) is 0.100. The lowest BCUT2D eigenvalue weighted by Crippen LogP contribution is -2.10. The van der Waals surface area contributed by atoms with Crippen LogP contribution in [-0.2, 0) is 4.79 Å². The van der Waals surface area contributed by atoms with Crippen LogP contribution in [0.25, 0.3) is 10.9 Å². The van der Waals surface area contributed by atoms with E-state index in [0.717, 1.165) is 0 Å². The third-order valence-electron chi connectivity index (χ3n) is 1.89. The van der Waals surface area contributed by atoms with E-state index in [9.17, 15) is 9.18 Å². The lowest BCUT2D eigenvalue weighted by molar-refractivity contribution is -0.139. The molecule has 1 heterocycles. The molecule has 1 N–H and O–H groups in total. The highest BCUT2D eigenvalue weighted by Crippen LogP contribution is 2.21. The molecule has 2 rings (SSSR count). The first-order valence-corrected chi connectivity index (χ1v) is 4.41. The standard InChI is InChI=1S/C10H7FN2O3/c11-6-1-2-8-7(3-6)10(13-5-12-8)16-4-9(14)15/h1-3,5H,4H2,(H,14,15). The first kappa shape index (κ1) is 10.3. The highest BCUT2D eigenvalue weighted by molar-refractivity contribution is 5.83. The van der Waals surface area contributed by atoms with E-state index in [4.69, 9.17) is 9.84 Å². The van der Waals surface area contributed by atoms with Crippen molar-refractivity contribution in [3.8, 4) is 5.88 Å². The molecule has 0 saturated carbocycles. The Morgan fingerprint density at radius 2 is 2.25 bits per heavy atom. The van der Waals surface area contributed by atoms with Crippen molar-refractivity contribution in [2.75, 3.05) is 6.61 Å². The van der Waals surface area contributed by atoms with E-state index in [-0.39, 0.29) is 5.88 Å². The number of nitrogens with zero attached hydrogens (tertiary/aromatic N) is 2. The Kier molecular flexibility index (Phi) is 2.63. The molecule has 0 atom stereocenters. The SMILES string of the molecule is O=C(O)COc1ncnc2ccc(F)cc12. The summed E-state index contributed by atoms with van der Waals surface area (Å²) in [5.74, 6) is -1.52. The van der Waals surface area contributed by atoms with Crippen molar-refractivity contribution >= 4 is 16.9 Å². The van der Waals surface area contributed by atoms with E-state index in [1.54, 1.807) is 0 Å². The lowest BCUT2D eigenvalue weighted by Gasteiger charge is -2.04. The molecule has 16 heavy (non-hydrogen) atoms. The average molecular weight is 222 g/mol. The summed E-state index contributed by atoms with van der Waals surface area (Å²) in [7, 11) is 0. The smallest absolute Gasteiger partial charge is 0.341 e. The van der Waals surface area contributed by atoms with Gasteiger partial charge < -0.3 is 9.84 Å². The van der Waals surface area contributed by atoms with Crippen LogP contribution in [0.3, 0.4) is 0 Å². The lowest BCUT2D eigenvalue weighted by atomic mass is 10.2. The molecule has 0 aliphatic carbocycles. The molecule has 82 valence electrons. The Bertz CT molecular complexity index is 545. The summed E-state index contributed by atoms with van der Waals surface area (Å²) in [6, 6.07) is 3.93. The molecule has 0 amide bonds. The normalized spacial score (nSPS) is 10.3. The zero-order chi connectivity index (χ0) is 11.5. The van der Waals surface area contributed by atoms with Crippen molar-refractivity contribution in [1.29, 1.82) is 0 Å². The maximum atomic E-state index is 13.0. The molecule has 6 heteroatoms. The van der Waals surface area contributed by atoms with Gasteiger partial charge in [-0.05, 0) is 18.2 Å². The minimum Gasteiger partial charge on any atom is -0.479 e. The molecule has 5 nitrogen and oxygen atoms in total. The number of benzene rings is 1. The monoisotopic (exact) mass is 222 g/mol. The topological polar surface area (TPSA) is 72.3 Å². The second-order valence-corrected chi connectivity index (χ2v) is 3.02. The molecule has 0 spiro atoms. The van der Waals surface area contributed by atoms with Crippen molar-refractivity contribution in [2.45, 2.75) is 0 Å². The number of hydrogen-bond donors (Lipinski definition) is 1. The number of aromatic nitrogens is 2. The number of halogens is 1. The summed E-state index contributed by atoms with van der Waals surface area (Å²) in [5, 5.41) is 8.81. The number of fused-ring (bicyclic) bond motifs is 1. The van der Waals surface area contributed by atoms with Gasteiger partial charge >= 0.3 is 5.97 Å². The van der Waals surface area contributed by atoms with Gasteiger partial charge in [0.05, 0.1) is 10.9 Å². The van der Waals surface area contributed by atoms with Gasteiger partial charge in [0, 0.05) is 0 Å². The van der Waals surface area contributed by atoms with Crippen LogP contribution in [0.4, 0.5) is 4.39 Å². The maximum Gasteiger partial charge on any atom is 0.341 e. The number of rotatable bonds is 3. The van der Waals surface area contributed by atoms with Crippen LogP contribution < -0.4 is 4.74 Å². The van der Waals surface area contributed by atoms with E-state index in [0.29, 0.717) is 10.9 Å². The Balaban J connectivity index is 2.43. The second-order valence-electron chi connectivity index (χ2n) is 3.02. The van der Waals surface area contributed by atoms with Crippen LogP contribution >= 0.6 is 0 Å². The molecule has 0 radical (unpaired) electrons. The second kappa shape index (κ2) is 4.09. The molecule has 1 aromatic heterocycles. The molecule has 1 aromatic carbocycles. The molecular weight excluding hydrogens is 215 g/mol. The van der Waals surface area contributed by atoms with Crippen LogP contribution in [0.5, 0.6) is 5.88 Å². The van der Waals surface area contributed by atoms with Crippen LogP contribution in [-0.4, -0.2) is 27.7 Å². The fourth-order valence-electron chi connectivity index (χ4n) is 1.25. The van der Waals surface area contributed by atoms with E-state index in [1.807, 2.05) is 0 Å². The summed E-state index contributed by atoms with van der Waals surface area (Å²) < 4.78 is 17.9. The highest BCUT2D eigenvalue weighted by atomic mass is 19.1. The number of ether oxygens (including phenoxy) is 1. The van der Waals surface area contributed by atoms with Crippen LogP contribution in [0, 0.1) is 5.82 Å². The third kappa shape index (κ3) is 2.05. The minimum atomic E-state index is -1.12. The molecule has 2 aromatic rings. The average Bonchev–Trinajstić information content (AvgIpc) is 2.26. The summed E-state index contributed by atoms with van der Waals surface area (Å²) in [5.41, 5.74) is 0.497. The maximum absolute atomic E-state index is 13.0. The van der Waals surface area contributed by atoms with Crippen molar-refractivity contribution in [2.24, 2.45) is 0 Å². The summed E-state index contributed by atoms with van der Waals surface area (Å²) in [4.78, 5) is 18.0. The fourth-order valence-corrected chi connectivity index (χ4v) is 1.25. The van der Waals surface area contributed by atoms with Gasteiger partial charge in [0.15, 0.2) is 6.61 Å². The number of hydrogen-bond acceptors (Lipinski definition) is 4. The van der Waals surface area contributed by atoms with Gasteiger partial charge in [0.25, 0.3) is 0 Å². The van der Waals surface area contributed by atoms with Gasteiger partial charge in [-0.1, -0.05) is 0 Å². The highest BCUT2D eigenvalue weighted by Gasteiger charge is 2.07. The Morgan fingerprint density at radius 3 is 3.00 bits per heavy atom. The number of carboxylic acid groups (broad SMARTS) is 1. The van der Waals surface area contributed by atoms with E-state index < -0.39 is 18.4 Å². The molecule has 0 saturated heterocycles. The summed E-state index contributed by atoms with van der Waals surface area (Å²) in [6.45, 7) is -0.525. The molecular formula is C10H7FN2O3. The quantitative estimate of drug-likeness (QED) is 0.845. The first-order chi connectivity index (χ1) is 7.66. The summed E-state index contributed by atoms with van der Waals surface area (Å²) in [6.07, 6.45) is 1.23. The largest absolute Gasteiger partial charge is 0.479 e. The van der Waals surface area contributed by atoms with Gasteiger partial charge in [-0.15, -0.1) is 0 Å². The van der Waals surface area contributed by atoms with E-state index in [2.05, 4.69) is 9.97 Å². The van der Waals surface area contributed by atoms with E-state index in [1.165, 1.54) is 24.5 Å². The van der Waals surface area contributed by atoms with Crippen LogP contribution in [0.2, 0.25) is 0 Å². The Hall–Kier alpha value is -2.24. The number of carboxylic acids is 1. The van der Waals surface area contributed by atoms with Gasteiger partial charge in [0.2, 0.25) is 5.88 Å². The zero-order valence-electron chi connectivity index (χ0n) is 8.05. The van der Waals surface area contributed by atoms with Crippen molar-refractivity contribution < 1.29 is 19.0 Å². The zero-order valence-corrected chi connectivity index (χ0v) is 8.05. The Labute approximate surface area is 89.5 Å². The van der Waals surface area contributed by atoms with Crippen molar-refractivity contribution in [3.05, 3.63) is 30.3 Å². The van der Waals surface area contributed by atoms with Gasteiger partial charge in [-0.25, -0.2) is 19.2 Å². The number of aliphatic carboxylic acids is 1. The van der Waals surface area contributed by atoms with Crippen LogP contribution in [0.15, 0.2) is 24.5 Å². The number of carbonyl (C=O) groups is 1. The first-order valence-electron chi connectivity index (χ1n) is 4.41. The van der Waals surface area contributed by atoms with Gasteiger partial charge in [0.1, 0.15) is 12.1 Å². The van der Waals surface area contributed by atoms with E-state index >= 15 is 0 Å². The predicted molar refractivity (Wildman–Crippen MR) is 52.6 cm³/mol. The van der Waals surface area contributed by atoms with Crippen molar-refractivity contribution in [3.63, 3.8) is 0 Å².